The number of nitrogens with two attached hydrogens (primary N) is 1. The highest BCUT2D eigenvalue weighted by atomic mass is 32.2. The predicted molar refractivity (Wildman–Crippen MR) is 76.3 cm³/mol. The minimum atomic E-state index is -1.11. The van der Waals surface area contributed by atoms with E-state index in [1.165, 1.54) is 23.9 Å². The van der Waals surface area contributed by atoms with Crippen molar-refractivity contribution in [1.29, 1.82) is 5.26 Å². The van der Waals surface area contributed by atoms with Crippen molar-refractivity contribution >= 4 is 23.4 Å². The lowest BCUT2D eigenvalue weighted by atomic mass is 10.2. The molecule has 2 rings (SSSR count). The SMILES string of the molecule is N#Cc1ccc(C(=O)O)nc1SCc1cccc(N)c1. The number of hydrogen-bond donors (Lipinski definition) is 2. The lowest BCUT2D eigenvalue weighted by Gasteiger charge is -2.05. The van der Waals surface area contributed by atoms with Gasteiger partial charge >= 0.3 is 5.97 Å². The number of benzene rings is 1. The number of pyridine rings is 1. The third-order valence-corrected chi connectivity index (χ3v) is 3.59. The van der Waals surface area contributed by atoms with Gasteiger partial charge in [-0.05, 0) is 29.8 Å². The number of aromatic carboxylic acids is 1. The minimum absolute atomic E-state index is 0.0703. The fraction of sp³-hybridized carbons (Fsp3) is 0.0714. The van der Waals surface area contributed by atoms with Crippen molar-refractivity contribution < 1.29 is 9.90 Å². The van der Waals surface area contributed by atoms with E-state index in [1.54, 1.807) is 6.07 Å². The Morgan fingerprint density at radius 3 is 2.85 bits per heavy atom. The van der Waals surface area contributed by atoms with Gasteiger partial charge in [0, 0.05) is 11.4 Å². The van der Waals surface area contributed by atoms with Crippen LogP contribution >= 0.6 is 11.8 Å². The summed E-state index contributed by atoms with van der Waals surface area (Å²) in [6.07, 6.45) is 0. The molecule has 0 aliphatic rings. The Labute approximate surface area is 120 Å². The fourth-order valence-corrected chi connectivity index (χ4v) is 2.50. The van der Waals surface area contributed by atoms with E-state index in [1.807, 2.05) is 24.3 Å². The number of nitriles is 1. The van der Waals surface area contributed by atoms with E-state index < -0.39 is 5.97 Å². The van der Waals surface area contributed by atoms with E-state index in [9.17, 15) is 4.79 Å². The highest BCUT2D eigenvalue weighted by molar-refractivity contribution is 7.98. The summed E-state index contributed by atoms with van der Waals surface area (Å²) in [7, 11) is 0. The van der Waals surface area contributed by atoms with E-state index >= 15 is 0 Å². The smallest absolute Gasteiger partial charge is 0.354 e. The van der Waals surface area contributed by atoms with Crippen LogP contribution in [0, 0.1) is 11.3 Å². The number of carbonyl (C=O) groups is 1. The molecule has 0 amide bonds. The number of anilines is 1. The molecule has 0 saturated heterocycles. The summed E-state index contributed by atoms with van der Waals surface area (Å²) in [5.41, 5.74) is 7.64. The summed E-state index contributed by atoms with van der Waals surface area (Å²) in [5.74, 6) is -0.546. The van der Waals surface area contributed by atoms with Gasteiger partial charge in [-0.25, -0.2) is 9.78 Å². The second-order valence-electron chi connectivity index (χ2n) is 4.00. The third-order valence-electron chi connectivity index (χ3n) is 2.53. The number of carboxylic acid groups (broad SMARTS) is 1. The molecule has 0 saturated carbocycles. The number of nitrogen functional groups attached to an aromatic ring is 1. The molecule has 0 aliphatic carbocycles. The van der Waals surface area contributed by atoms with Gasteiger partial charge in [0.25, 0.3) is 0 Å². The van der Waals surface area contributed by atoms with Crippen LogP contribution < -0.4 is 5.73 Å². The molecule has 5 nitrogen and oxygen atoms in total. The van der Waals surface area contributed by atoms with E-state index in [0.29, 0.717) is 22.0 Å². The molecular formula is C14H11N3O2S. The lowest BCUT2D eigenvalue weighted by molar-refractivity contribution is 0.0689. The highest BCUT2D eigenvalue weighted by Gasteiger charge is 2.11. The summed E-state index contributed by atoms with van der Waals surface area (Å²) >= 11 is 1.31. The van der Waals surface area contributed by atoms with Crippen LogP contribution in [-0.2, 0) is 5.75 Å². The predicted octanol–water partition coefficient (Wildman–Crippen LogP) is 2.53. The Morgan fingerprint density at radius 1 is 1.40 bits per heavy atom. The fourth-order valence-electron chi connectivity index (χ4n) is 1.59. The first-order chi connectivity index (χ1) is 9.60. The molecule has 2 aromatic rings. The third kappa shape index (κ3) is 3.28. The van der Waals surface area contributed by atoms with E-state index in [4.69, 9.17) is 16.1 Å². The van der Waals surface area contributed by atoms with Gasteiger partial charge in [0.15, 0.2) is 0 Å². The maximum Gasteiger partial charge on any atom is 0.354 e. The number of aromatic nitrogens is 1. The van der Waals surface area contributed by atoms with Crippen LogP contribution in [0.25, 0.3) is 0 Å². The zero-order valence-electron chi connectivity index (χ0n) is 10.4. The number of hydrogen-bond acceptors (Lipinski definition) is 5. The topological polar surface area (TPSA) is 100 Å². The van der Waals surface area contributed by atoms with Gasteiger partial charge in [-0.15, -0.1) is 11.8 Å². The molecule has 1 aromatic heterocycles. The molecule has 0 unspecified atom stereocenters. The molecule has 1 heterocycles. The summed E-state index contributed by atoms with van der Waals surface area (Å²) in [5, 5.41) is 18.4. The van der Waals surface area contributed by atoms with Crippen molar-refractivity contribution in [2.75, 3.05) is 5.73 Å². The van der Waals surface area contributed by atoms with E-state index in [0.717, 1.165) is 5.56 Å². The summed E-state index contributed by atoms with van der Waals surface area (Å²) in [6.45, 7) is 0. The molecule has 0 radical (unpaired) electrons. The number of carboxylic acids is 1. The average Bonchev–Trinajstić information content (AvgIpc) is 2.44. The van der Waals surface area contributed by atoms with Gasteiger partial charge in [0.1, 0.15) is 16.8 Å². The van der Waals surface area contributed by atoms with Crippen LogP contribution in [0.15, 0.2) is 41.4 Å². The van der Waals surface area contributed by atoms with Crippen molar-refractivity contribution in [3.05, 3.63) is 53.2 Å². The zero-order chi connectivity index (χ0) is 14.5. The Balaban J connectivity index is 2.22. The monoisotopic (exact) mass is 285 g/mol. The van der Waals surface area contributed by atoms with Crippen LogP contribution in [0.5, 0.6) is 0 Å². The van der Waals surface area contributed by atoms with Crippen molar-refractivity contribution in [2.24, 2.45) is 0 Å². The second-order valence-corrected chi connectivity index (χ2v) is 4.96. The first-order valence-electron chi connectivity index (χ1n) is 5.72. The first kappa shape index (κ1) is 13.9. The minimum Gasteiger partial charge on any atom is -0.477 e. The molecule has 0 atom stereocenters. The number of thioether (sulfide) groups is 1. The van der Waals surface area contributed by atoms with Gasteiger partial charge in [0.05, 0.1) is 5.56 Å². The van der Waals surface area contributed by atoms with Gasteiger partial charge in [-0.2, -0.15) is 5.26 Å². The Morgan fingerprint density at radius 2 is 2.20 bits per heavy atom. The Kier molecular flexibility index (Phi) is 4.23. The maximum absolute atomic E-state index is 10.9. The van der Waals surface area contributed by atoms with Crippen LogP contribution in [0.2, 0.25) is 0 Å². The zero-order valence-corrected chi connectivity index (χ0v) is 11.2. The quantitative estimate of drug-likeness (QED) is 0.661. The molecule has 0 aliphatic heterocycles. The summed E-state index contributed by atoms with van der Waals surface area (Å²) < 4.78 is 0. The van der Waals surface area contributed by atoms with Gasteiger partial charge in [0.2, 0.25) is 0 Å². The van der Waals surface area contributed by atoms with Gasteiger partial charge in [-0.1, -0.05) is 12.1 Å². The summed E-state index contributed by atoms with van der Waals surface area (Å²) in [4.78, 5) is 14.9. The molecule has 20 heavy (non-hydrogen) atoms. The highest BCUT2D eigenvalue weighted by Crippen LogP contribution is 2.25. The van der Waals surface area contributed by atoms with Gasteiger partial charge < -0.3 is 10.8 Å². The van der Waals surface area contributed by atoms with E-state index in [2.05, 4.69) is 4.98 Å². The largest absolute Gasteiger partial charge is 0.477 e. The maximum atomic E-state index is 10.9. The lowest BCUT2D eigenvalue weighted by Crippen LogP contribution is -2.02. The van der Waals surface area contributed by atoms with E-state index in [-0.39, 0.29) is 5.69 Å². The molecule has 1 aromatic carbocycles. The molecular weight excluding hydrogens is 274 g/mol. The van der Waals surface area contributed by atoms with Crippen molar-refractivity contribution in [1.82, 2.24) is 4.98 Å². The Bertz CT molecular complexity index is 695. The van der Waals surface area contributed by atoms with Crippen LogP contribution in [0.4, 0.5) is 5.69 Å². The molecule has 6 heteroatoms. The average molecular weight is 285 g/mol. The normalized spacial score (nSPS) is 9.95. The van der Waals surface area contributed by atoms with Gasteiger partial charge in [-0.3, -0.25) is 0 Å². The Hall–Kier alpha value is -2.52. The first-order valence-corrected chi connectivity index (χ1v) is 6.70. The molecule has 0 bridgehead atoms. The van der Waals surface area contributed by atoms with Crippen molar-refractivity contribution in [3.8, 4) is 6.07 Å². The number of nitrogens with zero attached hydrogens (tertiary/aromatic N) is 2. The molecule has 0 fully saturated rings. The molecule has 0 spiro atoms. The standard InChI is InChI=1S/C14H11N3O2S/c15-7-10-4-5-12(14(18)19)17-13(10)20-8-9-2-1-3-11(16)6-9/h1-6H,8,16H2,(H,18,19). The van der Waals surface area contributed by atoms with Crippen LogP contribution in [-0.4, -0.2) is 16.1 Å². The summed E-state index contributed by atoms with van der Waals surface area (Å²) in [6, 6.07) is 12.2. The molecule has 3 N–H and O–H groups in total. The second kappa shape index (κ2) is 6.08. The number of rotatable bonds is 4. The van der Waals surface area contributed by atoms with Crippen molar-refractivity contribution in [3.63, 3.8) is 0 Å². The molecule has 100 valence electrons. The van der Waals surface area contributed by atoms with Crippen LogP contribution in [0.1, 0.15) is 21.6 Å². The van der Waals surface area contributed by atoms with Crippen molar-refractivity contribution in [2.45, 2.75) is 10.8 Å². The van der Waals surface area contributed by atoms with Crippen LogP contribution in [0.3, 0.4) is 0 Å².